The molecule has 7 nitrogen and oxygen atoms in total. The molecule has 0 radical (unpaired) electrons. The summed E-state index contributed by atoms with van der Waals surface area (Å²) in [6.07, 6.45) is 6.78. The minimum atomic E-state index is -0.612. The number of carbonyl (C=O) groups excluding carboxylic acids is 1. The fourth-order valence-electron chi connectivity index (χ4n) is 3.42. The van der Waals surface area contributed by atoms with E-state index < -0.39 is 11.9 Å². The van der Waals surface area contributed by atoms with Gasteiger partial charge in [-0.15, -0.1) is 0 Å². The Morgan fingerprint density at radius 2 is 2.03 bits per heavy atom. The monoisotopic (exact) mass is 432 g/mol. The normalized spacial score (nSPS) is 12.2. The highest BCUT2D eigenvalue weighted by Crippen LogP contribution is 2.32. The summed E-state index contributed by atoms with van der Waals surface area (Å²) in [6, 6.07) is 12.4. The van der Waals surface area contributed by atoms with E-state index in [4.69, 9.17) is 4.74 Å². The molecule has 32 heavy (non-hydrogen) atoms. The molecular weight excluding hydrogens is 411 g/mol. The van der Waals surface area contributed by atoms with E-state index in [0.29, 0.717) is 33.5 Å². The van der Waals surface area contributed by atoms with Crippen molar-refractivity contribution in [3.8, 4) is 5.75 Å². The topological polar surface area (TPSA) is 100 Å². The largest absolute Gasteiger partial charge is 0.495 e. The summed E-state index contributed by atoms with van der Waals surface area (Å²) in [5.74, 6) is -0.353. The quantitative estimate of drug-likeness (QED) is 0.413. The van der Waals surface area contributed by atoms with Gasteiger partial charge in [0, 0.05) is 12.4 Å². The molecule has 4 rings (SSSR count). The molecule has 162 valence electrons. The number of pyridine rings is 1. The molecule has 0 spiro atoms. The van der Waals surface area contributed by atoms with E-state index in [1.165, 1.54) is 19.2 Å². The zero-order valence-electron chi connectivity index (χ0n) is 17.2. The second-order valence-corrected chi connectivity index (χ2v) is 7.06. The minimum Gasteiger partial charge on any atom is -0.495 e. The maximum Gasteiger partial charge on any atom is 0.255 e. The maximum atomic E-state index is 13.1. The fraction of sp³-hybridized carbons (Fsp3) is 0.125. The van der Waals surface area contributed by atoms with Crippen molar-refractivity contribution >= 4 is 29.0 Å². The molecule has 2 aromatic heterocycles. The van der Waals surface area contributed by atoms with E-state index in [2.05, 4.69) is 20.5 Å². The van der Waals surface area contributed by atoms with Gasteiger partial charge >= 0.3 is 0 Å². The number of aromatic amines is 1. The summed E-state index contributed by atoms with van der Waals surface area (Å²) >= 11 is 0. The van der Waals surface area contributed by atoms with Gasteiger partial charge in [-0.3, -0.25) is 14.9 Å². The van der Waals surface area contributed by atoms with Gasteiger partial charge in [-0.25, -0.2) is 4.39 Å². The SMILES string of the molecule is COc1c(C(=O)NC(CO)c2cccnc2)ccc2[nH]nc(C=Cc3ccc(F)cc3)c12. The molecule has 3 N–H and O–H groups in total. The Morgan fingerprint density at radius 1 is 1.22 bits per heavy atom. The highest BCUT2D eigenvalue weighted by molar-refractivity contribution is 6.05. The lowest BCUT2D eigenvalue weighted by Gasteiger charge is -2.17. The third-order valence-corrected chi connectivity index (χ3v) is 5.04. The summed E-state index contributed by atoms with van der Waals surface area (Å²) in [6.45, 7) is -0.278. The lowest BCUT2D eigenvalue weighted by atomic mass is 10.1. The van der Waals surface area contributed by atoms with Gasteiger partial charge in [0.05, 0.1) is 41.9 Å². The van der Waals surface area contributed by atoms with Crippen LogP contribution in [0.3, 0.4) is 0 Å². The first-order valence-electron chi connectivity index (χ1n) is 9.91. The number of amides is 1. The van der Waals surface area contributed by atoms with Crippen LogP contribution in [0.1, 0.15) is 33.2 Å². The Hall–Kier alpha value is -4.04. The van der Waals surface area contributed by atoms with Crippen molar-refractivity contribution in [1.29, 1.82) is 0 Å². The first kappa shape index (κ1) is 21.2. The molecule has 4 aromatic rings. The van der Waals surface area contributed by atoms with E-state index in [0.717, 1.165) is 5.56 Å². The average molecular weight is 432 g/mol. The number of nitrogens with one attached hydrogen (secondary N) is 2. The van der Waals surface area contributed by atoms with E-state index in [1.807, 2.05) is 0 Å². The number of nitrogens with zero attached hydrogens (tertiary/aromatic N) is 2. The summed E-state index contributed by atoms with van der Waals surface area (Å²) in [7, 11) is 1.48. The Labute approximate surface area is 183 Å². The smallest absolute Gasteiger partial charge is 0.255 e. The molecule has 1 amide bonds. The lowest BCUT2D eigenvalue weighted by Crippen LogP contribution is -2.31. The third-order valence-electron chi connectivity index (χ3n) is 5.04. The van der Waals surface area contributed by atoms with Crippen molar-refractivity contribution in [2.45, 2.75) is 6.04 Å². The third kappa shape index (κ3) is 4.35. The minimum absolute atomic E-state index is 0.278. The van der Waals surface area contributed by atoms with Gasteiger partial charge in [-0.1, -0.05) is 24.3 Å². The number of halogens is 1. The molecule has 0 aliphatic rings. The van der Waals surface area contributed by atoms with Gasteiger partial charge in [0.2, 0.25) is 0 Å². The van der Waals surface area contributed by atoms with Crippen LogP contribution in [0.15, 0.2) is 60.9 Å². The Balaban J connectivity index is 1.67. The van der Waals surface area contributed by atoms with Crippen LogP contribution in [0, 0.1) is 5.82 Å². The van der Waals surface area contributed by atoms with Gasteiger partial charge < -0.3 is 15.2 Å². The Bertz CT molecular complexity index is 1250. The molecule has 2 aromatic carbocycles. The summed E-state index contributed by atoms with van der Waals surface area (Å²) < 4.78 is 18.7. The molecule has 8 heteroatoms. The molecule has 0 bridgehead atoms. The molecule has 0 aliphatic heterocycles. The number of hydrogen-bond donors (Lipinski definition) is 3. The van der Waals surface area contributed by atoms with Crippen LogP contribution < -0.4 is 10.1 Å². The number of aliphatic hydroxyl groups excluding tert-OH is 1. The summed E-state index contributed by atoms with van der Waals surface area (Å²) in [5, 5.41) is 20.5. The first-order valence-corrected chi connectivity index (χ1v) is 9.91. The van der Waals surface area contributed by atoms with Crippen LogP contribution in [-0.4, -0.2) is 39.9 Å². The molecule has 1 unspecified atom stereocenters. The van der Waals surface area contributed by atoms with Crippen molar-refractivity contribution < 1.29 is 19.0 Å². The molecule has 0 fully saturated rings. The van der Waals surface area contributed by atoms with Gasteiger partial charge in [-0.05, 0) is 47.5 Å². The van der Waals surface area contributed by atoms with Crippen LogP contribution >= 0.6 is 0 Å². The molecule has 1 atom stereocenters. The van der Waals surface area contributed by atoms with Crippen LogP contribution in [0.25, 0.3) is 23.1 Å². The number of aliphatic hydroxyl groups is 1. The van der Waals surface area contributed by atoms with Crippen molar-refractivity contribution in [2.24, 2.45) is 0 Å². The predicted molar refractivity (Wildman–Crippen MR) is 120 cm³/mol. The molecule has 0 aliphatic carbocycles. The number of aromatic nitrogens is 3. The molecule has 2 heterocycles. The van der Waals surface area contributed by atoms with Gasteiger partial charge in [0.1, 0.15) is 11.6 Å². The predicted octanol–water partition coefficient (Wildman–Crippen LogP) is 3.74. The standard InChI is InChI=1S/C24H21FN4O3/c1-32-23-18(24(31)27-21(14-30)16-3-2-12-26-13-16)9-11-20-22(23)19(28-29-20)10-6-15-4-7-17(25)8-5-15/h2-13,21,30H,14H2,1H3,(H,27,31)(H,28,29). The van der Waals surface area contributed by atoms with E-state index in [9.17, 15) is 14.3 Å². The number of H-pyrrole nitrogens is 1. The van der Waals surface area contributed by atoms with Crippen LogP contribution in [-0.2, 0) is 0 Å². The number of carbonyl (C=O) groups is 1. The van der Waals surface area contributed by atoms with Crippen LogP contribution in [0.2, 0.25) is 0 Å². The number of rotatable bonds is 7. The zero-order valence-corrected chi connectivity index (χ0v) is 17.2. The average Bonchev–Trinajstić information content (AvgIpc) is 3.25. The second-order valence-electron chi connectivity index (χ2n) is 7.06. The number of ether oxygens (including phenoxy) is 1. The number of methoxy groups -OCH3 is 1. The number of benzene rings is 2. The highest BCUT2D eigenvalue weighted by Gasteiger charge is 2.21. The van der Waals surface area contributed by atoms with Crippen molar-refractivity contribution in [2.75, 3.05) is 13.7 Å². The first-order chi connectivity index (χ1) is 15.6. The Morgan fingerprint density at radius 3 is 2.72 bits per heavy atom. The lowest BCUT2D eigenvalue weighted by molar-refractivity contribution is 0.0913. The zero-order chi connectivity index (χ0) is 22.5. The highest BCUT2D eigenvalue weighted by atomic mass is 19.1. The van der Waals surface area contributed by atoms with E-state index in [-0.39, 0.29) is 12.4 Å². The van der Waals surface area contributed by atoms with Gasteiger partial charge in [0.15, 0.2) is 0 Å². The van der Waals surface area contributed by atoms with Crippen LogP contribution in [0.5, 0.6) is 5.75 Å². The fourth-order valence-corrected chi connectivity index (χ4v) is 3.42. The second kappa shape index (κ2) is 9.40. The van der Waals surface area contributed by atoms with Crippen molar-refractivity contribution in [3.63, 3.8) is 0 Å². The number of hydrogen-bond acceptors (Lipinski definition) is 5. The molecule has 0 saturated heterocycles. The van der Waals surface area contributed by atoms with E-state index in [1.54, 1.807) is 60.9 Å². The number of fused-ring (bicyclic) bond motifs is 1. The maximum absolute atomic E-state index is 13.1. The van der Waals surface area contributed by atoms with Crippen molar-refractivity contribution in [3.05, 3.63) is 89.1 Å². The molecule has 0 saturated carbocycles. The van der Waals surface area contributed by atoms with Gasteiger partial charge in [0.25, 0.3) is 5.91 Å². The van der Waals surface area contributed by atoms with Gasteiger partial charge in [-0.2, -0.15) is 5.10 Å². The Kier molecular flexibility index (Phi) is 6.23. The summed E-state index contributed by atoms with van der Waals surface area (Å²) in [5.41, 5.74) is 3.07. The summed E-state index contributed by atoms with van der Waals surface area (Å²) in [4.78, 5) is 17.1. The molecular formula is C24H21FN4O3. The van der Waals surface area contributed by atoms with Crippen LogP contribution in [0.4, 0.5) is 4.39 Å². The van der Waals surface area contributed by atoms with Crippen molar-refractivity contribution in [1.82, 2.24) is 20.5 Å². The van der Waals surface area contributed by atoms with E-state index >= 15 is 0 Å².